The zero-order chi connectivity index (χ0) is 17.1. The Morgan fingerprint density at radius 1 is 1.50 bits per heavy atom. The highest BCUT2D eigenvalue weighted by Crippen LogP contribution is 2.28. The minimum absolute atomic E-state index is 0.102. The van der Waals surface area contributed by atoms with E-state index in [1.807, 2.05) is 12.3 Å². The molecular weight excluding hydrogens is 328 g/mol. The molecule has 0 bridgehead atoms. The van der Waals surface area contributed by atoms with Crippen molar-refractivity contribution in [3.05, 3.63) is 29.4 Å². The number of ether oxygens (including phenoxy) is 2. The number of thiazole rings is 1. The Kier molecular flexibility index (Phi) is 4.96. The predicted octanol–water partition coefficient (Wildman–Crippen LogP) is 2.16. The van der Waals surface area contributed by atoms with Crippen molar-refractivity contribution in [3.63, 3.8) is 0 Å². The van der Waals surface area contributed by atoms with Crippen molar-refractivity contribution in [2.24, 2.45) is 0 Å². The number of aromatic nitrogens is 2. The third kappa shape index (κ3) is 3.82. The van der Waals surface area contributed by atoms with Gasteiger partial charge in [-0.05, 0) is 13.0 Å². The second-order valence-electron chi connectivity index (χ2n) is 5.67. The number of methoxy groups -OCH3 is 1. The summed E-state index contributed by atoms with van der Waals surface area (Å²) in [4.78, 5) is 22.8. The van der Waals surface area contributed by atoms with Gasteiger partial charge < -0.3 is 14.8 Å². The molecule has 0 radical (unpaired) electrons. The number of hydrogen-bond acceptors (Lipinski definition) is 7. The van der Waals surface area contributed by atoms with E-state index in [1.165, 1.54) is 18.3 Å². The summed E-state index contributed by atoms with van der Waals surface area (Å²) < 4.78 is 11.1. The molecule has 3 heterocycles. The number of hydrogen-bond donors (Lipinski definition) is 1. The smallest absolute Gasteiger partial charge is 0.223 e. The minimum Gasteiger partial charge on any atom is -0.487 e. The van der Waals surface area contributed by atoms with Gasteiger partial charge in [-0.2, -0.15) is 0 Å². The van der Waals surface area contributed by atoms with E-state index in [1.54, 1.807) is 19.4 Å². The quantitative estimate of drug-likeness (QED) is 0.862. The van der Waals surface area contributed by atoms with Crippen molar-refractivity contribution >= 4 is 22.4 Å². The van der Waals surface area contributed by atoms with Gasteiger partial charge >= 0.3 is 0 Å². The number of nitrogens with zero attached hydrogens (tertiary/aromatic N) is 3. The van der Waals surface area contributed by atoms with E-state index in [2.05, 4.69) is 27.1 Å². The van der Waals surface area contributed by atoms with Crippen molar-refractivity contribution in [3.8, 4) is 11.6 Å². The molecule has 1 fully saturated rings. The van der Waals surface area contributed by atoms with Gasteiger partial charge in [0, 0.05) is 49.4 Å². The van der Waals surface area contributed by atoms with Crippen molar-refractivity contribution in [1.82, 2.24) is 14.9 Å². The molecule has 128 valence electrons. The molecular formula is C16H20N4O3S. The number of pyridine rings is 1. The fourth-order valence-electron chi connectivity index (χ4n) is 2.53. The Morgan fingerprint density at radius 2 is 2.33 bits per heavy atom. The largest absolute Gasteiger partial charge is 0.487 e. The Balaban J connectivity index is 1.52. The van der Waals surface area contributed by atoms with Gasteiger partial charge in [-0.3, -0.25) is 9.69 Å². The number of nitrogens with one attached hydrogen (secondary N) is 1. The van der Waals surface area contributed by atoms with Gasteiger partial charge in [0.1, 0.15) is 11.9 Å². The average molecular weight is 348 g/mol. The summed E-state index contributed by atoms with van der Waals surface area (Å²) in [6, 6.07) is 3.93. The number of carbonyl (C=O) groups excluding carboxylic acids is 1. The third-order valence-electron chi connectivity index (χ3n) is 3.93. The van der Waals surface area contributed by atoms with Crippen LogP contribution in [0.3, 0.4) is 0 Å². The van der Waals surface area contributed by atoms with Crippen molar-refractivity contribution < 1.29 is 14.3 Å². The number of amides is 1. The molecule has 1 saturated heterocycles. The summed E-state index contributed by atoms with van der Waals surface area (Å²) in [5.74, 6) is 1.21. The molecule has 1 amide bonds. The molecule has 3 rings (SSSR count). The van der Waals surface area contributed by atoms with E-state index in [4.69, 9.17) is 9.47 Å². The second kappa shape index (κ2) is 7.14. The highest BCUT2D eigenvalue weighted by atomic mass is 32.1. The topological polar surface area (TPSA) is 76.6 Å². The number of likely N-dealkylation sites (tertiary alicyclic amines) is 1. The molecule has 7 nitrogen and oxygen atoms in total. The maximum atomic E-state index is 11.0. The summed E-state index contributed by atoms with van der Waals surface area (Å²) in [5, 5.41) is 3.35. The van der Waals surface area contributed by atoms with E-state index in [0.717, 1.165) is 23.7 Å². The minimum atomic E-state index is -0.102. The fraction of sp³-hybridized carbons (Fsp3) is 0.438. The summed E-state index contributed by atoms with van der Waals surface area (Å²) >= 11 is 1.50. The molecule has 1 aliphatic rings. The van der Waals surface area contributed by atoms with Gasteiger partial charge in [0.2, 0.25) is 11.8 Å². The first kappa shape index (κ1) is 16.7. The number of anilines is 1. The van der Waals surface area contributed by atoms with E-state index in [9.17, 15) is 4.79 Å². The first-order chi connectivity index (χ1) is 11.5. The van der Waals surface area contributed by atoms with Crippen molar-refractivity contribution in [1.29, 1.82) is 0 Å². The van der Waals surface area contributed by atoms with Crippen LogP contribution < -0.4 is 14.8 Å². The molecule has 2 aromatic rings. The van der Waals surface area contributed by atoms with Crippen LogP contribution in [0.5, 0.6) is 11.6 Å². The summed E-state index contributed by atoms with van der Waals surface area (Å²) in [7, 11) is 1.59. The lowest BCUT2D eigenvalue weighted by Gasteiger charge is -2.45. The lowest BCUT2D eigenvalue weighted by Crippen LogP contribution is -2.60. The van der Waals surface area contributed by atoms with Crippen LogP contribution in [0.4, 0.5) is 5.13 Å². The second-order valence-corrected chi connectivity index (χ2v) is 6.79. The number of rotatable bonds is 6. The van der Waals surface area contributed by atoms with Gasteiger partial charge in [-0.1, -0.05) is 0 Å². The zero-order valence-electron chi connectivity index (χ0n) is 13.9. The molecule has 2 aromatic heterocycles. The Labute approximate surface area is 144 Å². The van der Waals surface area contributed by atoms with E-state index < -0.39 is 0 Å². The highest BCUT2D eigenvalue weighted by molar-refractivity contribution is 7.15. The van der Waals surface area contributed by atoms with Crippen molar-refractivity contribution in [2.45, 2.75) is 32.5 Å². The first-order valence-corrected chi connectivity index (χ1v) is 8.50. The Bertz CT molecular complexity index is 721. The molecule has 0 spiro atoms. The first-order valence-electron chi connectivity index (χ1n) is 7.68. The number of carbonyl (C=O) groups is 1. The molecule has 2 atom stereocenters. The average Bonchev–Trinajstić information content (AvgIpc) is 3.00. The molecule has 0 aromatic carbocycles. The molecule has 0 aliphatic carbocycles. The Morgan fingerprint density at radius 3 is 3.04 bits per heavy atom. The maximum Gasteiger partial charge on any atom is 0.223 e. The van der Waals surface area contributed by atoms with Gasteiger partial charge in [0.25, 0.3) is 0 Å². The summed E-state index contributed by atoms with van der Waals surface area (Å²) in [6.45, 7) is 5.27. The summed E-state index contributed by atoms with van der Waals surface area (Å²) in [6.07, 6.45) is 3.63. The predicted molar refractivity (Wildman–Crippen MR) is 91.5 cm³/mol. The summed E-state index contributed by atoms with van der Waals surface area (Å²) in [5.41, 5.74) is 0. The maximum absolute atomic E-state index is 11.0. The molecule has 24 heavy (non-hydrogen) atoms. The van der Waals surface area contributed by atoms with Crippen LogP contribution in [0, 0.1) is 0 Å². The van der Waals surface area contributed by atoms with Crippen LogP contribution in [-0.4, -0.2) is 46.6 Å². The lowest BCUT2D eigenvalue weighted by atomic mass is 10.0. The monoisotopic (exact) mass is 348 g/mol. The van der Waals surface area contributed by atoms with Gasteiger partial charge in [-0.15, -0.1) is 11.3 Å². The molecule has 0 saturated carbocycles. The SMILES string of the molecule is COc1cc(O[C@@H]2CN(Cc3cnc(NC(C)=O)s3)[C@@H]2C)ccn1. The molecule has 8 heteroatoms. The van der Waals surface area contributed by atoms with Gasteiger partial charge in [0.05, 0.1) is 7.11 Å². The van der Waals surface area contributed by atoms with Gasteiger partial charge in [-0.25, -0.2) is 9.97 Å². The molecule has 1 N–H and O–H groups in total. The van der Waals surface area contributed by atoms with E-state index in [0.29, 0.717) is 17.1 Å². The Hall–Kier alpha value is -2.19. The molecule has 1 aliphatic heterocycles. The van der Waals surface area contributed by atoms with E-state index in [-0.39, 0.29) is 12.0 Å². The normalized spacial score (nSPS) is 20.3. The van der Waals surface area contributed by atoms with Crippen LogP contribution in [0.25, 0.3) is 0 Å². The van der Waals surface area contributed by atoms with Gasteiger partial charge in [0.15, 0.2) is 5.13 Å². The highest BCUT2D eigenvalue weighted by Gasteiger charge is 2.37. The standard InChI is InChI=1S/C16H20N4O3S/c1-10-14(23-12-4-5-17-15(6-12)22-3)9-20(10)8-13-7-18-16(24-13)19-11(2)21/h4-7,10,14H,8-9H2,1-3H3,(H,18,19,21)/t10-,14-/m1/s1. The van der Waals surface area contributed by atoms with Crippen LogP contribution in [-0.2, 0) is 11.3 Å². The van der Waals surface area contributed by atoms with E-state index >= 15 is 0 Å². The van der Waals surface area contributed by atoms with Crippen LogP contribution in [0.15, 0.2) is 24.5 Å². The van der Waals surface area contributed by atoms with Crippen LogP contribution in [0.2, 0.25) is 0 Å². The van der Waals surface area contributed by atoms with Crippen LogP contribution >= 0.6 is 11.3 Å². The van der Waals surface area contributed by atoms with Crippen LogP contribution in [0.1, 0.15) is 18.7 Å². The third-order valence-corrected chi connectivity index (χ3v) is 4.82. The molecule has 0 unspecified atom stereocenters. The zero-order valence-corrected chi connectivity index (χ0v) is 14.7. The fourth-order valence-corrected chi connectivity index (χ4v) is 3.42. The lowest BCUT2D eigenvalue weighted by molar-refractivity contribution is -0.114. The van der Waals surface area contributed by atoms with Crippen molar-refractivity contribution in [2.75, 3.05) is 19.0 Å².